The van der Waals surface area contributed by atoms with E-state index in [1.165, 1.54) is 0 Å². The number of ether oxygens (including phenoxy) is 1. The van der Waals surface area contributed by atoms with Gasteiger partial charge in [-0.15, -0.1) is 0 Å². The maximum Gasteiger partial charge on any atom is 0.315 e. The number of aryl methyl sites for hydroxylation is 1. The molecule has 1 aliphatic heterocycles. The zero-order valence-electron chi connectivity index (χ0n) is 13.3. The third kappa shape index (κ3) is 3.80. The smallest absolute Gasteiger partial charge is 0.315 e. The standard InChI is InChI=1S/C18H19ClN2O3/c1-11-2-7-17-14(8-11)15(10-24-17)21-18(23)20-9-16(22)12-3-5-13(19)6-4-12/h2-8,15-16,22H,9-10H2,1H3,(H2,20,21,23). The highest BCUT2D eigenvalue weighted by Crippen LogP contribution is 2.32. The van der Waals surface area contributed by atoms with Gasteiger partial charge in [0, 0.05) is 17.1 Å². The van der Waals surface area contributed by atoms with E-state index in [2.05, 4.69) is 10.6 Å². The number of hydrogen-bond donors (Lipinski definition) is 3. The number of rotatable bonds is 4. The van der Waals surface area contributed by atoms with Gasteiger partial charge in [0.1, 0.15) is 12.4 Å². The van der Waals surface area contributed by atoms with Gasteiger partial charge in [0.25, 0.3) is 0 Å². The van der Waals surface area contributed by atoms with Crippen molar-refractivity contribution in [2.24, 2.45) is 0 Å². The SMILES string of the molecule is Cc1ccc2c(c1)C(NC(=O)NCC(O)c1ccc(Cl)cc1)CO2. The van der Waals surface area contributed by atoms with Crippen LogP contribution >= 0.6 is 11.6 Å². The maximum absolute atomic E-state index is 12.1. The Balaban J connectivity index is 1.54. The molecule has 0 saturated heterocycles. The molecule has 6 heteroatoms. The van der Waals surface area contributed by atoms with Gasteiger partial charge in [0.15, 0.2) is 0 Å². The fraction of sp³-hybridized carbons (Fsp3) is 0.278. The first-order valence-electron chi connectivity index (χ1n) is 7.74. The number of urea groups is 1. The van der Waals surface area contributed by atoms with Crippen LogP contribution < -0.4 is 15.4 Å². The van der Waals surface area contributed by atoms with Crippen molar-refractivity contribution in [3.63, 3.8) is 0 Å². The number of hydrogen-bond acceptors (Lipinski definition) is 3. The van der Waals surface area contributed by atoms with Crippen LogP contribution in [-0.2, 0) is 0 Å². The van der Waals surface area contributed by atoms with Crippen LogP contribution in [0.25, 0.3) is 0 Å². The Bertz CT molecular complexity index is 734. The van der Waals surface area contributed by atoms with Gasteiger partial charge in [0.2, 0.25) is 0 Å². The van der Waals surface area contributed by atoms with Crippen LogP contribution in [-0.4, -0.2) is 24.3 Å². The van der Waals surface area contributed by atoms with Crippen molar-refractivity contribution in [3.8, 4) is 5.75 Å². The molecule has 2 aromatic carbocycles. The molecule has 3 N–H and O–H groups in total. The van der Waals surface area contributed by atoms with Gasteiger partial charge in [-0.3, -0.25) is 0 Å². The lowest BCUT2D eigenvalue weighted by atomic mass is 10.1. The predicted molar refractivity (Wildman–Crippen MR) is 92.4 cm³/mol. The van der Waals surface area contributed by atoms with Crippen molar-refractivity contribution in [1.82, 2.24) is 10.6 Å². The first-order chi connectivity index (χ1) is 11.5. The Morgan fingerprint density at radius 2 is 2.08 bits per heavy atom. The fourth-order valence-corrected chi connectivity index (χ4v) is 2.78. The summed E-state index contributed by atoms with van der Waals surface area (Å²) in [6.45, 7) is 2.52. The molecular weight excluding hydrogens is 328 g/mol. The monoisotopic (exact) mass is 346 g/mol. The molecule has 0 saturated carbocycles. The van der Waals surface area contributed by atoms with Crippen LogP contribution in [0.4, 0.5) is 4.79 Å². The summed E-state index contributed by atoms with van der Waals surface area (Å²) >= 11 is 5.82. The minimum atomic E-state index is -0.789. The van der Waals surface area contributed by atoms with Crippen LogP contribution in [0.3, 0.4) is 0 Å². The molecular formula is C18H19ClN2O3. The lowest BCUT2D eigenvalue weighted by Crippen LogP contribution is -2.40. The lowest BCUT2D eigenvalue weighted by molar-refractivity contribution is 0.172. The molecule has 2 atom stereocenters. The first kappa shape index (κ1) is 16.6. The number of halogens is 1. The van der Waals surface area contributed by atoms with Crippen molar-refractivity contribution < 1.29 is 14.6 Å². The summed E-state index contributed by atoms with van der Waals surface area (Å²) < 4.78 is 5.57. The number of aliphatic hydroxyl groups is 1. The van der Waals surface area contributed by atoms with E-state index in [0.717, 1.165) is 16.9 Å². The summed E-state index contributed by atoms with van der Waals surface area (Å²) in [4.78, 5) is 12.1. The minimum Gasteiger partial charge on any atom is -0.491 e. The van der Waals surface area contributed by atoms with E-state index in [9.17, 15) is 9.90 Å². The molecule has 0 fully saturated rings. The quantitative estimate of drug-likeness (QED) is 0.796. The van der Waals surface area contributed by atoms with Crippen LogP contribution in [0.1, 0.15) is 28.8 Å². The van der Waals surface area contributed by atoms with Crippen LogP contribution in [0.15, 0.2) is 42.5 Å². The minimum absolute atomic E-state index is 0.113. The average molecular weight is 347 g/mol. The van der Waals surface area contributed by atoms with E-state index in [1.807, 2.05) is 25.1 Å². The number of carbonyl (C=O) groups excluding carboxylic acids is 1. The van der Waals surface area contributed by atoms with Crippen molar-refractivity contribution >= 4 is 17.6 Å². The summed E-state index contributed by atoms with van der Waals surface area (Å²) in [5.41, 5.74) is 2.79. The van der Waals surface area contributed by atoms with Crippen molar-refractivity contribution in [1.29, 1.82) is 0 Å². The molecule has 1 aliphatic rings. The van der Waals surface area contributed by atoms with Gasteiger partial charge in [-0.05, 0) is 30.7 Å². The molecule has 0 bridgehead atoms. The van der Waals surface area contributed by atoms with E-state index in [1.54, 1.807) is 24.3 Å². The van der Waals surface area contributed by atoms with Gasteiger partial charge in [-0.1, -0.05) is 41.4 Å². The van der Waals surface area contributed by atoms with Gasteiger partial charge in [-0.25, -0.2) is 4.79 Å². The highest BCUT2D eigenvalue weighted by Gasteiger charge is 2.25. The lowest BCUT2D eigenvalue weighted by Gasteiger charge is -2.16. The molecule has 3 rings (SSSR count). The summed E-state index contributed by atoms with van der Waals surface area (Å²) in [6, 6.07) is 12.2. The summed E-state index contributed by atoms with van der Waals surface area (Å²) in [7, 11) is 0. The second kappa shape index (κ2) is 7.11. The summed E-state index contributed by atoms with van der Waals surface area (Å²) in [5.74, 6) is 0.798. The number of fused-ring (bicyclic) bond motifs is 1. The average Bonchev–Trinajstić information content (AvgIpc) is 2.95. The molecule has 2 unspecified atom stereocenters. The molecule has 0 aliphatic carbocycles. The van der Waals surface area contributed by atoms with Crippen LogP contribution in [0.2, 0.25) is 5.02 Å². The Kier molecular flexibility index (Phi) is 4.92. The Labute approximate surface area is 145 Å². The van der Waals surface area contributed by atoms with Crippen molar-refractivity contribution in [3.05, 3.63) is 64.2 Å². The first-order valence-corrected chi connectivity index (χ1v) is 8.12. The van der Waals surface area contributed by atoms with Gasteiger partial charge in [0.05, 0.1) is 12.1 Å². The molecule has 2 aromatic rings. The molecule has 1 heterocycles. The van der Waals surface area contributed by atoms with E-state index < -0.39 is 6.10 Å². The molecule has 0 aromatic heterocycles. The number of nitrogens with one attached hydrogen (secondary N) is 2. The van der Waals surface area contributed by atoms with Crippen molar-refractivity contribution in [2.45, 2.75) is 19.1 Å². The number of amides is 2. The Morgan fingerprint density at radius 3 is 2.83 bits per heavy atom. The van der Waals surface area contributed by atoms with E-state index >= 15 is 0 Å². The topological polar surface area (TPSA) is 70.6 Å². The largest absolute Gasteiger partial charge is 0.491 e. The summed E-state index contributed by atoms with van der Waals surface area (Å²) in [6.07, 6.45) is -0.789. The van der Waals surface area contributed by atoms with E-state index in [0.29, 0.717) is 17.2 Å². The Hall–Kier alpha value is -2.24. The molecule has 2 amide bonds. The predicted octanol–water partition coefficient (Wildman–Crippen LogP) is 3.11. The summed E-state index contributed by atoms with van der Waals surface area (Å²) in [5, 5.41) is 16.3. The van der Waals surface area contributed by atoms with E-state index in [4.69, 9.17) is 16.3 Å². The van der Waals surface area contributed by atoms with E-state index in [-0.39, 0.29) is 18.6 Å². The van der Waals surface area contributed by atoms with Gasteiger partial charge < -0.3 is 20.5 Å². The fourth-order valence-electron chi connectivity index (χ4n) is 2.66. The van der Waals surface area contributed by atoms with Crippen molar-refractivity contribution in [2.75, 3.05) is 13.2 Å². The maximum atomic E-state index is 12.1. The molecule has 24 heavy (non-hydrogen) atoms. The van der Waals surface area contributed by atoms with Crippen LogP contribution in [0.5, 0.6) is 5.75 Å². The second-order valence-electron chi connectivity index (χ2n) is 5.83. The third-order valence-electron chi connectivity index (χ3n) is 3.96. The van der Waals surface area contributed by atoms with Gasteiger partial charge in [-0.2, -0.15) is 0 Å². The highest BCUT2D eigenvalue weighted by molar-refractivity contribution is 6.30. The molecule has 5 nitrogen and oxygen atoms in total. The van der Waals surface area contributed by atoms with Crippen LogP contribution in [0, 0.1) is 6.92 Å². The normalized spacial score (nSPS) is 16.9. The highest BCUT2D eigenvalue weighted by atomic mass is 35.5. The number of benzene rings is 2. The third-order valence-corrected chi connectivity index (χ3v) is 4.21. The van der Waals surface area contributed by atoms with Gasteiger partial charge >= 0.3 is 6.03 Å². The zero-order valence-corrected chi connectivity index (χ0v) is 14.0. The molecule has 0 radical (unpaired) electrons. The number of carbonyl (C=O) groups is 1. The zero-order chi connectivity index (χ0) is 17.1. The second-order valence-corrected chi connectivity index (χ2v) is 6.26. The molecule has 0 spiro atoms. The Morgan fingerprint density at radius 1 is 1.33 bits per heavy atom. The molecule has 126 valence electrons. The number of aliphatic hydroxyl groups excluding tert-OH is 1.